The van der Waals surface area contributed by atoms with Crippen molar-refractivity contribution in [1.82, 2.24) is 5.32 Å². The first-order valence-electron chi connectivity index (χ1n) is 7.80. The number of carbonyl (C=O) groups excluding carboxylic acids is 2. The van der Waals surface area contributed by atoms with E-state index in [-0.39, 0.29) is 25.0 Å². The van der Waals surface area contributed by atoms with Gasteiger partial charge in [-0.15, -0.1) is 0 Å². The number of amides is 1. The highest BCUT2D eigenvalue weighted by molar-refractivity contribution is 9.10. The third-order valence-electron chi connectivity index (χ3n) is 3.66. The summed E-state index contributed by atoms with van der Waals surface area (Å²) < 4.78 is 0.868. The molecule has 0 aliphatic carbocycles. The third kappa shape index (κ3) is 6.15. The van der Waals surface area contributed by atoms with Gasteiger partial charge in [0, 0.05) is 29.3 Å². The van der Waals surface area contributed by atoms with Crippen LogP contribution in [0.25, 0.3) is 0 Å². The Labute approximate surface area is 154 Å². The molecule has 1 atom stereocenters. The van der Waals surface area contributed by atoms with Crippen molar-refractivity contribution >= 4 is 33.6 Å². The van der Waals surface area contributed by atoms with Gasteiger partial charge in [0.2, 0.25) is 5.91 Å². The number of Topliss-reactive ketones (excluding diaryl/α,β-unsaturated/α-hetero) is 1. The molecule has 25 heavy (non-hydrogen) atoms. The van der Waals surface area contributed by atoms with Gasteiger partial charge in [0.05, 0.1) is 0 Å². The van der Waals surface area contributed by atoms with Gasteiger partial charge in [-0.3, -0.25) is 9.59 Å². The highest BCUT2D eigenvalue weighted by atomic mass is 79.9. The molecule has 0 aliphatic rings. The maximum atomic E-state index is 12.1. The number of halogens is 1. The molecule has 130 valence electrons. The van der Waals surface area contributed by atoms with E-state index in [0.717, 1.165) is 10.0 Å². The normalized spacial score (nSPS) is 11.6. The smallest absolute Gasteiger partial charge is 0.326 e. The van der Waals surface area contributed by atoms with Crippen molar-refractivity contribution in [1.29, 1.82) is 0 Å². The highest BCUT2D eigenvalue weighted by Crippen LogP contribution is 2.12. The van der Waals surface area contributed by atoms with Crippen molar-refractivity contribution < 1.29 is 19.5 Å². The molecule has 0 unspecified atom stereocenters. The monoisotopic (exact) mass is 403 g/mol. The topological polar surface area (TPSA) is 83.5 Å². The van der Waals surface area contributed by atoms with Crippen molar-refractivity contribution in [2.45, 2.75) is 25.3 Å². The fraction of sp³-hybridized carbons (Fsp3) is 0.211. The Morgan fingerprint density at radius 2 is 1.60 bits per heavy atom. The molecule has 0 saturated carbocycles. The van der Waals surface area contributed by atoms with Crippen LogP contribution in [-0.4, -0.2) is 28.8 Å². The first-order chi connectivity index (χ1) is 12.0. The molecule has 5 nitrogen and oxygen atoms in total. The van der Waals surface area contributed by atoms with E-state index in [9.17, 15) is 19.5 Å². The fourth-order valence-electron chi connectivity index (χ4n) is 2.32. The van der Waals surface area contributed by atoms with Gasteiger partial charge in [-0.2, -0.15) is 0 Å². The van der Waals surface area contributed by atoms with E-state index >= 15 is 0 Å². The zero-order valence-electron chi connectivity index (χ0n) is 13.4. The number of carboxylic acids is 1. The minimum atomic E-state index is -1.10. The van der Waals surface area contributed by atoms with E-state index in [1.165, 1.54) is 0 Å². The second-order valence-electron chi connectivity index (χ2n) is 5.58. The van der Waals surface area contributed by atoms with Crippen molar-refractivity contribution in [3.63, 3.8) is 0 Å². The lowest BCUT2D eigenvalue weighted by Gasteiger charge is -2.14. The molecule has 0 radical (unpaired) electrons. The Morgan fingerprint density at radius 1 is 0.960 bits per heavy atom. The zero-order chi connectivity index (χ0) is 18.2. The van der Waals surface area contributed by atoms with Crippen LogP contribution in [0, 0.1) is 0 Å². The summed E-state index contributed by atoms with van der Waals surface area (Å²) in [7, 11) is 0. The van der Waals surface area contributed by atoms with E-state index in [2.05, 4.69) is 21.2 Å². The van der Waals surface area contributed by atoms with Gasteiger partial charge < -0.3 is 10.4 Å². The molecule has 2 N–H and O–H groups in total. The molecule has 0 aromatic heterocycles. The van der Waals surface area contributed by atoms with Crippen LogP contribution in [0.5, 0.6) is 0 Å². The minimum Gasteiger partial charge on any atom is -0.480 e. The molecule has 2 aromatic carbocycles. The maximum Gasteiger partial charge on any atom is 0.326 e. The van der Waals surface area contributed by atoms with E-state index in [0.29, 0.717) is 5.56 Å². The summed E-state index contributed by atoms with van der Waals surface area (Å²) in [6.45, 7) is 0. The Morgan fingerprint density at radius 3 is 2.20 bits per heavy atom. The predicted molar refractivity (Wildman–Crippen MR) is 97.4 cm³/mol. The number of carboxylic acid groups (broad SMARTS) is 1. The Hall–Kier alpha value is -2.47. The number of nitrogens with one attached hydrogen (secondary N) is 1. The van der Waals surface area contributed by atoms with Crippen LogP contribution < -0.4 is 5.32 Å². The number of hydrogen-bond acceptors (Lipinski definition) is 3. The number of rotatable bonds is 8. The first-order valence-corrected chi connectivity index (χ1v) is 8.60. The molecule has 0 bridgehead atoms. The van der Waals surface area contributed by atoms with Gasteiger partial charge in [-0.25, -0.2) is 4.79 Å². The van der Waals surface area contributed by atoms with Crippen molar-refractivity contribution in [2.24, 2.45) is 0 Å². The maximum absolute atomic E-state index is 12.1. The summed E-state index contributed by atoms with van der Waals surface area (Å²) in [6.07, 6.45) is 0.182. The number of aliphatic carboxylic acids is 1. The summed E-state index contributed by atoms with van der Waals surface area (Å²) in [4.78, 5) is 35.4. The highest BCUT2D eigenvalue weighted by Gasteiger charge is 2.20. The average molecular weight is 404 g/mol. The van der Waals surface area contributed by atoms with Crippen LogP contribution >= 0.6 is 15.9 Å². The van der Waals surface area contributed by atoms with E-state index in [1.807, 2.05) is 18.2 Å². The number of carbonyl (C=O) groups is 3. The van der Waals surface area contributed by atoms with Gasteiger partial charge >= 0.3 is 5.97 Å². The van der Waals surface area contributed by atoms with Crippen LogP contribution in [0.4, 0.5) is 0 Å². The number of hydrogen-bond donors (Lipinski definition) is 2. The second-order valence-corrected chi connectivity index (χ2v) is 6.49. The van der Waals surface area contributed by atoms with E-state index in [1.54, 1.807) is 36.4 Å². The Bertz CT molecular complexity index is 744. The van der Waals surface area contributed by atoms with Gasteiger partial charge in [-0.05, 0) is 17.7 Å². The molecule has 6 heteroatoms. The summed E-state index contributed by atoms with van der Waals surface area (Å²) in [5, 5.41) is 11.8. The average Bonchev–Trinajstić information content (AvgIpc) is 2.60. The number of benzene rings is 2. The minimum absolute atomic E-state index is 0.0329. The molecule has 0 spiro atoms. The largest absolute Gasteiger partial charge is 0.480 e. The quantitative estimate of drug-likeness (QED) is 0.662. The molecule has 2 rings (SSSR count). The lowest BCUT2D eigenvalue weighted by molar-refractivity contribution is -0.141. The van der Waals surface area contributed by atoms with Crippen LogP contribution in [0.3, 0.4) is 0 Å². The molecule has 1 amide bonds. The predicted octanol–water partition coefficient (Wildman–Crippen LogP) is 3.22. The van der Waals surface area contributed by atoms with E-state index < -0.39 is 17.9 Å². The summed E-state index contributed by atoms with van der Waals surface area (Å²) in [5.41, 5.74) is 1.34. The standard InChI is InChI=1S/C19H18BrNO4/c20-15-8-6-14(7-9-15)17(22)10-11-18(23)21-16(19(24)25)12-13-4-2-1-3-5-13/h1-9,16H,10-12H2,(H,21,23)(H,24,25)/t16-/m0/s1. The molecule has 2 aromatic rings. The van der Waals surface area contributed by atoms with Crippen molar-refractivity contribution in [3.8, 4) is 0 Å². The third-order valence-corrected chi connectivity index (χ3v) is 4.19. The lowest BCUT2D eigenvalue weighted by atomic mass is 10.0. The summed E-state index contributed by atoms with van der Waals surface area (Å²) in [5.74, 6) is -1.71. The lowest BCUT2D eigenvalue weighted by Crippen LogP contribution is -2.42. The SMILES string of the molecule is O=C(CCC(=O)c1ccc(Br)cc1)N[C@@H](Cc1ccccc1)C(=O)O. The van der Waals surface area contributed by atoms with Crippen molar-refractivity contribution in [2.75, 3.05) is 0 Å². The van der Waals surface area contributed by atoms with Crippen LogP contribution in [0.1, 0.15) is 28.8 Å². The molecular weight excluding hydrogens is 386 g/mol. The molecular formula is C19H18BrNO4. The number of ketones is 1. The first kappa shape index (κ1) is 18.9. The fourth-order valence-corrected chi connectivity index (χ4v) is 2.59. The molecule has 0 heterocycles. The summed E-state index contributed by atoms with van der Waals surface area (Å²) >= 11 is 3.29. The van der Waals surface area contributed by atoms with Crippen molar-refractivity contribution in [3.05, 3.63) is 70.2 Å². The van der Waals surface area contributed by atoms with Gasteiger partial charge in [0.15, 0.2) is 5.78 Å². The second kappa shape index (κ2) is 9.13. The zero-order valence-corrected chi connectivity index (χ0v) is 15.0. The van der Waals surface area contributed by atoms with Crippen LogP contribution in [-0.2, 0) is 16.0 Å². The van der Waals surface area contributed by atoms with Crippen LogP contribution in [0.15, 0.2) is 59.1 Å². The summed E-state index contributed by atoms with van der Waals surface area (Å²) in [6, 6.07) is 14.9. The Kier molecular flexibility index (Phi) is 6.89. The van der Waals surface area contributed by atoms with Gasteiger partial charge in [0.25, 0.3) is 0 Å². The van der Waals surface area contributed by atoms with E-state index in [4.69, 9.17) is 0 Å². The Balaban J connectivity index is 1.87. The molecule has 0 saturated heterocycles. The van der Waals surface area contributed by atoms with Gasteiger partial charge in [0.1, 0.15) is 6.04 Å². The molecule has 0 fully saturated rings. The van der Waals surface area contributed by atoms with Gasteiger partial charge in [-0.1, -0.05) is 58.4 Å². The van der Waals surface area contributed by atoms with Crippen LogP contribution in [0.2, 0.25) is 0 Å². The molecule has 0 aliphatic heterocycles.